The molecule has 0 heterocycles. The highest BCUT2D eigenvalue weighted by Gasteiger charge is 2.33. The Balaban J connectivity index is 2.03. The summed E-state index contributed by atoms with van der Waals surface area (Å²) >= 11 is 3.44. The molecule has 0 aliphatic carbocycles. The molecule has 1 atom stereocenters. The summed E-state index contributed by atoms with van der Waals surface area (Å²) in [5.74, 6) is -0.248. The molecular weight excluding hydrogens is 598 g/mol. The van der Waals surface area contributed by atoms with Gasteiger partial charge in [-0.1, -0.05) is 53.2 Å². The summed E-state index contributed by atoms with van der Waals surface area (Å²) in [6, 6.07) is 19.2. The Hall–Kier alpha value is -3.57. The smallest absolute Gasteiger partial charge is 0.264 e. The Kier molecular flexibility index (Phi) is 11.0. The van der Waals surface area contributed by atoms with Crippen molar-refractivity contribution in [3.05, 3.63) is 82.8 Å². The molecule has 1 N–H and O–H groups in total. The third-order valence-electron chi connectivity index (χ3n) is 6.22. The monoisotopic (exact) mass is 631 g/mol. The summed E-state index contributed by atoms with van der Waals surface area (Å²) in [7, 11) is -1.37. The van der Waals surface area contributed by atoms with Gasteiger partial charge in [-0.15, -0.1) is 0 Å². The van der Waals surface area contributed by atoms with Gasteiger partial charge >= 0.3 is 0 Å². The Morgan fingerprint density at radius 2 is 1.65 bits per heavy atom. The van der Waals surface area contributed by atoms with Crippen molar-refractivity contribution < 1.29 is 27.5 Å². The van der Waals surface area contributed by atoms with Crippen LogP contribution in [0.2, 0.25) is 0 Å². The number of anilines is 1. The number of benzene rings is 3. The topological polar surface area (TPSA) is 105 Å². The van der Waals surface area contributed by atoms with Crippen molar-refractivity contribution >= 4 is 43.5 Å². The Labute approximate surface area is 244 Å². The number of para-hydroxylation sites is 1. The number of carbonyl (C=O) groups is 2. The van der Waals surface area contributed by atoms with Crippen molar-refractivity contribution in [2.24, 2.45) is 0 Å². The largest absolute Gasteiger partial charge is 0.493 e. The standard InChI is InChI=1S/C29H34BrN3O6S/c1-5-16-31-29(35)21(2)32(19-22-10-9-11-23(30)17-22)28(34)20-33(24-12-7-6-8-13-24)40(36,37)25-14-15-26(38-3)27(18-25)39-4/h6-15,17-18,21H,5,16,19-20H2,1-4H3,(H,31,35). The maximum atomic E-state index is 14.0. The van der Waals surface area contributed by atoms with Gasteiger partial charge in [0.25, 0.3) is 10.0 Å². The van der Waals surface area contributed by atoms with Crippen LogP contribution >= 0.6 is 15.9 Å². The molecule has 0 fully saturated rings. The molecule has 0 aromatic heterocycles. The first-order valence-electron chi connectivity index (χ1n) is 12.7. The number of hydrogen-bond donors (Lipinski definition) is 1. The van der Waals surface area contributed by atoms with Gasteiger partial charge in [0.05, 0.1) is 24.8 Å². The zero-order valence-corrected chi connectivity index (χ0v) is 25.4. The third-order valence-corrected chi connectivity index (χ3v) is 8.49. The van der Waals surface area contributed by atoms with Gasteiger partial charge in [0.2, 0.25) is 11.8 Å². The molecule has 3 aromatic carbocycles. The number of nitrogens with zero attached hydrogens (tertiary/aromatic N) is 2. The highest BCUT2D eigenvalue weighted by molar-refractivity contribution is 9.10. The number of methoxy groups -OCH3 is 2. The molecule has 0 aliphatic rings. The van der Waals surface area contributed by atoms with E-state index < -0.39 is 28.5 Å². The van der Waals surface area contributed by atoms with Gasteiger partial charge in [0, 0.05) is 23.6 Å². The van der Waals surface area contributed by atoms with Crippen LogP contribution in [0.3, 0.4) is 0 Å². The zero-order valence-electron chi connectivity index (χ0n) is 23.0. The van der Waals surface area contributed by atoms with E-state index in [0.29, 0.717) is 18.0 Å². The van der Waals surface area contributed by atoms with Crippen LogP contribution in [0, 0.1) is 0 Å². The predicted octanol–water partition coefficient (Wildman–Crippen LogP) is 4.61. The van der Waals surface area contributed by atoms with Gasteiger partial charge in [0.15, 0.2) is 11.5 Å². The fourth-order valence-corrected chi connectivity index (χ4v) is 5.91. The highest BCUT2D eigenvalue weighted by Crippen LogP contribution is 2.32. The molecule has 0 radical (unpaired) electrons. The summed E-state index contributed by atoms with van der Waals surface area (Å²) < 4.78 is 40.4. The van der Waals surface area contributed by atoms with Gasteiger partial charge in [0.1, 0.15) is 12.6 Å². The summed E-state index contributed by atoms with van der Waals surface area (Å²) in [5.41, 5.74) is 1.09. The quantitative estimate of drug-likeness (QED) is 0.295. The SMILES string of the molecule is CCCNC(=O)C(C)N(Cc1cccc(Br)c1)C(=O)CN(c1ccccc1)S(=O)(=O)c1ccc(OC)c(OC)c1. The second kappa shape index (κ2) is 14.2. The molecule has 214 valence electrons. The number of rotatable bonds is 13. The highest BCUT2D eigenvalue weighted by atomic mass is 79.9. The van der Waals surface area contributed by atoms with Crippen LogP contribution in [0.5, 0.6) is 11.5 Å². The van der Waals surface area contributed by atoms with Crippen LogP contribution < -0.4 is 19.1 Å². The second-order valence-corrected chi connectivity index (χ2v) is 11.8. The van der Waals surface area contributed by atoms with Gasteiger partial charge in [-0.25, -0.2) is 8.42 Å². The average molecular weight is 633 g/mol. The van der Waals surface area contributed by atoms with Gasteiger partial charge in [-0.05, 0) is 55.3 Å². The number of halogens is 1. The van der Waals surface area contributed by atoms with E-state index in [0.717, 1.165) is 20.8 Å². The maximum Gasteiger partial charge on any atom is 0.264 e. The Bertz CT molecular complexity index is 1420. The van der Waals surface area contributed by atoms with Gasteiger partial charge in [-0.2, -0.15) is 0 Å². The minimum Gasteiger partial charge on any atom is -0.493 e. The average Bonchev–Trinajstić information content (AvgIpc) is 2.96. The van der Waals surface area contributed by atoms with E-state index in [1.807, 2.05) is 31.2 Å². The summed E-state index contributed by atoms with van der Waals surface area (Å²) in [6.07, 6.45) is 0.739. The molecule has 0 saturated carbocycles. The van der Waals surface area contributed by atoms with E-state index in [1.54, 1.807) is 37.3 Å². The Morgan fingerprint density at radius 1 is 0.950 bits per heavy atom. The van der Waals surface area contributed by atoms with Gasteiger partial charge in [-0.3, -0.25) is 13.9 Å². The molecule has 1 unspecified atom stereocenters. The van der Waals surface area contributed by atoms with Crippen LogP contribution in [0.25, 0.3) is 0 Å². The summed E-state index contributed by atoms with van der Waals surface area (Å²) in [5, 5.41) is 2.83. The molecule has 0 spiro atoms. The summed E-state index contributed by atoms with van der Waals surface area (Å²) in [6.45, 7) is 3.62. The predicted molar refractivity (Wildman–Crippen MR) is 158 cm³/mol. The number of sulfonamides is 1. The molecule has 0 bridgehead atoms. The molecular formula is C29H34BrN3O6S. The lowest BCUT2D eigenvalue weighted by Crippen LogP contribution is -2.51. The molecule has 3 rings (SSSR count). The van der Waals surface area contributed by atoms with E-state index in [9.17, 15) is 18.0 Å². The number of nitrogens with one attached hydrogen (secondary N) is 1. The van der Waals surface area contributed by atoms with Crippen LogP contribution in [-0.4, -0.2) is 58.5 Å². The van der Waals surface area contributed by atoms with Crippen molar-refractivity contribution in [1.82, 2.24) is 10.2 Å². The fourth-order valence-electron chi connectivity index (χ4n) is 4.04. The van der Waals surface area contributed by atoms with Crippen LogP contribution in [0.1, 0.15) is 25.8 Å². The second-order valence-electron chi connectivity index (χ2n) is 8.98. The van der Waals surface area contributed by atoms with E-state index in [4.69, 9.17) is 9.47 Å². The van der Waals surface area contributed by atoms with Crippen molar-refractivity contribution in [3.63, 3.8) is 0 Å². The van der Waals surface area contributed by atoms with E-state index in [-0.39, 0.29) is 23.1 Å². The first-order valence-corrected chi connectivity index (χ1v) is 15.0. The van der Waals surface area contributed by atoms with E-state index in [1.165, 1.54) is 37.3 Å². The minimum atomic E-state index is -4.24. The lowest BCUT2D eigenvalue weighted by atomic mass is 10.1. The maximum absolute atomic E-state index is 14.0. The third kappa shape index (κ3) is 7.54. The van der Waals surface area contributed by atoms with Crippen molar-refractivity contribution in [3.8, 4) is 11.5 Å². The minimum absolute atomic E-state index is 0.0749. The molecule has 0 aliphatic heterocycles. The first-order chi connectivity index (χ1) is 19.1. The van der Waals surface area contributed by atoms with E-state index >= 15 is 0 Å². The van der Waals surface area contributed by atoms with Crippen molar-refractivity contribution in [2.75, 3.05) is 31.6 Å². The van der Waals surface area contributed by atoms with Gasteiger partial charge < -0.3 is 19.7 Å². The van der Waals surface area contributed by atoms with Crippen LogP contribution in [0.15, 0.2) is 82.2 Å². The van der Waals surface area contributed by atoms with Crippen LogP contribution in [-0.2, 0) is 26.2 Å². The molecule has 2 amide bonds. The Morgan fingerprint density at radius 3 is 2.27 bits per heavy atom. The number of hydrogen-bond acceptors (Lipinski definition) is 6. The summed E-state index contributed by atoms with van der Waals surface area (Å²) in [4.78, 5) is 28.2. The van der Waals surface area contributed by atoms with E-state index in [2.05, 4.69) is 21.2 Å². The fraction of sp³-hybridized carbons (Fsp3) is 0.310. The number of carbonyl (C=O) groups excluding carboxylic acids is 2. The number of amides is 2. The normalized spacial score (nSPS) is 11.8. The zero-order chi connectivity index (χ0) is 29.3. The lowest BCUT2D eigenvalue weighted by Gasteiger charge is -2.32. The molecule has 3 aromatic rings. The molecule has 9 nitrogen and oxygen atoms in total. The van der Waals surface area contributed by atoms with Crippen LogP contribution in [0.4, 0.5) is 5.69 Å². The first kappa shape index (κ1) is 31.0. The molecule has 11 heteroatoms. The van der Waals surface area contributed by atoms with Crippen molar-refractivity contribution in [2.45, 2.75) is 37.8 Å². The molecule has 40 heavy (non-hydrogen) atoms. The lowest BCUT2D eigenvalue weighted by molar-refractivity contribution is -0.139. The van der Waals surface area contributed by atoms with Crippen molar-refractivity contribution in [1.29, 1.82) is 0 Å². The number of ether oxygens (including phenoxy) is 2. The molecule has 0 saturated heterocycles.